The molecule has 0 amide bonds. The summed E-state index contributed by atoms with van der Waals surface area (Å²) in [4.78, 5) is 10.4. The smallest absolute Gasteiger partial charge is 0.160 e. The van der Waals surface area contributed by atoms with Crippen molar-refractivity contribution in [1.29, 1.82) is 0 Å². The van der Waals surface area contributed by atoms with Crippen molar-refractivity contribution in [2.75, 3.05) is 0 Å². The van der Waals surface area contributed by atoms with Gasteiger partial charge in [-0.1, -0.05) is 218 Å². The molecule has 0 saturated heterocycles. The van der Waals surface area contributed by atoms with E-state index in [1.54, 1.807) is 0 Å². The lowest BCUT2D eigenvalue weighted by molar-refractivity contribution is 1.19. The molecule has 1 aromatic heterocycles. The van der Waals surface area contributed by atoms with Crippen molar-refractivity contribution in [3.8, 4) is 67.3 Å². The van der Waals surface area contributed by atoms with E-state index in [4.69, 9.17) is 9.97 Å². The Labute approximate surface area is 360 Å². The number of benzene rings is 11. The third kappa shape index (κ3) is 6.04. The summed E-state index contributed by atoms with van der Waals surface area (Å²) in [5, 5.41) is 12.3. The van der Waals surface area contributed by atoms with Gasteiger partial charge in [0.15, 0.2) is 5.82 Å². The van der Waals surface area contributed by atoms with E-state index in [2.05, 4.69) is 212 Å². The molecule has 2 heteroatoms. The second-order valence-electron chi connectivity index (χ2n) is 16.0. The highest BCUT2D eigenvalue weighted by Crippen LogP contribution is 2.47. The first-order valence-electron chi connectivity index (χ1n) is 21.2. The summed E-state index contributed by atoms with van der Waals surface area (Å²) < 4.78 is 0. The van der Waals surface area contributed by atoms with Gasteiger partial charge in [-0.15, -0.1) is 0 Å². The fraction of sp³-hybridized carbons (Fsp3) is 0. The van der Waals surface area contributed by atoms with Gasteiger partial charge in [0.25, 0.3) is 0 Å². The maximum Gasteiger partial charge on any atom is 0.160 e. The van der Waals surface area contributed by atoms with Crippen molar-refractivity contribution < 1.29 is 0 Å². The van der Waals surface area contributed by atoms with Gasteiger partial charge in [-0.05, 0) is 99.4 Å². The Morgan fingerprint density at radius 2 is 0.742 bits per heavy atom. The van der Waals surface area contributed by atoms with Crippen LogP contribution in [0.25, 0.3) is 121 Å². The van der Waals surface area contributed by atoms with Crippen molar-refractivity contribution in [3.05, 3.63) is 231 Å². The van der Waals surface area contributed by atoms with Crippen LogP contribution in [0.5, 0.6) is 0 Å². The summed E-state index contributed by atoms with van der Waals surface area (Å²) in [5.74, 6) is 0.708. The van der Waals surface area contributed by atoms with Crippen LogP contribution in [0.15, 0.2) is 231 Å². The van der Waals surface area contributed by atoms with Crippen molar-refractivity contribution in [2.24, 2.45) is 0 Å². The van der Waals surface area contributed by atoms with Crippen LogP contribution < -0.4 is 0 Å². The number of hydrogen-bond acceptors (Lipinski definition) is 2. The maximum absolute atomic E-state index is 5.24. The largest absolute Gasteiger partial charge is 0.228 e. The molecule has 0 aliphatic carbocycles. The molecule has 288 valence electrons. The molecule has 0 aliphatic rings. The van der Waals surface area contributed by atoms with Crippen LogP contribution >= 0.6 is 0 Å². The van der Waals surface area contributed by atoms with Crippen molar-refractivity contribution >= 4 is 53.9 Å². The Kier molecular flexibility index (Phi) is 8.53. The highest BCUT2D eigenvalue weighted by atomic mass is 14.9. The Morgan fingerprint density at radius 3 is 1.48 bits per heavy atom. The molecule has 12 rings (SSSR count). The molecule has 0 unspecified atom stereocenters. The van der Waals surface area contributed by atoms with E-state index in [1.807, 2.05) is 18.2 Å². The lowest BCUT2D eigenvalue weighted by Gasteiger charge is -2.19. The number of fused-ring (bicyclic) bond motifs is 6. The average molecular weight is 787 g/mol. The van der Waals surface area contributed by atoms with Crippen LogP contribution in [0.3, 0.4) is 0 Å². The van der Waals surface area contributed by atoms with Gasteiger partial charge in [0.1, 0.15) is 0 Å². The zero-order valence-electron chi connectivity index (χ0n) is 33.8. The first-order valence-corrected chi connectivity index (χ1v) is 21.2. The minimum atomic E-state index is 0.708. The molecule has 0 aliphatic heterocycles. The Balaban J connectivity index is 1.01. The standard InChI is InChI=1S/C60H38N2/c1-3-17-42(18-4-1)58-53-26-14-13-25-52(53)57(54-34-33-40-16-9-10-22-48(40)59(54)58)43-30-28-41(29-31-43)47-35-36-51(50-24-12-11-23-49(47)50)56-38-55(61-60(62-56)44-19-5-2-6-20-44)46-32-27-39-15-7-8-21-45(39)37-46/h1-38H. The lowest BCUT2D eigenvalue weighted by atomic mass is 9.83. The molecule has 12 aromatic rings. The summed E-state index contributed by atoms with van der Waals surface area (Å²) in [6.45, 7) is 0. The van der Waals surface area contributed by atoms with Gasteiger partial charge in [0, 0.05) is 16.7 Å². The topological polar surface area (TPSA) is 25.8 Å². The Morgan fingerprint density at radius 1 is 0.242 bits per heavy atom. The minimum Gasteiger partial charge on any atom is -0.228 e. The second-order valence-corrected chi connectivity index (χ2v) is 16.0. The van der Waals surface area contributed by atoms with E-state index in [0.717, 1.165) is 33.5 Å². The third-order valence-corrected chi connectivity index (χ3v) is 12.5. The quantitative estimate of drug-likeness (QED) is 0.124. The highest BCUT2D eigenvalue weighted by molar-refractivity contribution is 6.28. The zero-order valence-corrected chi connectivity index (χ0v) is 33.8. The number of hydrogen-bond donors (Lipinski definition) is 0. The van der Waals surface area contributed by atoms with Gasteiger partial charge in [-0.2, -0.15) is 0 Å². The molecule has 0 saturated carbocycles. The van der Waals surface area contributed by atoms with Crippen molar-refractivity contribution in [2.45, 2.75) is 0 Å². The van der Waals surface area contributed by atoms with Crippen LogP contribution in [-0.4, -0.2) is 9.97 Å². The minimum absolute atomic E-state index is 0.708. The van der Waals surface area contributed by atoms with Crippen LogP contribution in [-0.2, 0) is 0 Å². The maximum atomic E-state index is 5.24. The van der Waals surface area contributed by atoms with E-state index >= 15 is 0 Å². The molecule has 1 heterocycles. The summed E-state index contributed by atoms with van der Waals surface area (Å²) in [6.07, 6.45) is 0. The molecule has 2 nitrogen and oxygen atoms in total. The molecule has 11 aromatic carbocycles. The van der Waals surface area contributed by atoms with E-state index in [9.17, 15) is 0 Å². The molecular weight excluding hydrogens is 749 g/mol. The molecular formula is C60H38N2. The van der Waals surface area contributed by atoms with Crippen LogP contribution in [0.1, 0.15) is 0 Å². The fourth-order valence-corrected chi connectivity index (χ4v) is 9.55. The van der Waals surface area contributed by atoms with Gasteiger partial charge >= 0.3 is 0 Å². The highest BCUT2D eigenvalue weighted by Gasteiger charge is 2.20. The molecule has 0 fully saturated rings. The van der Waals surface area contributed by atoms with Crippen LogP contribution in [0, 0.1) is 0 Å². The van der Waals surface area contributed by atoms with Crippen molar-refractivity contribution in [3.63, 3.8) is 0 Å². The Bertz CT molecular complexity index is 3670. The summed E-state index contributed by atoms with van der Waals surface area (Å²) >= 11 is 0. The summed E-state index contributed by atoms with van der Waals surface area (Å²) in [5.41, 5.74) is 12.2. The molecule has 62 heavy (non-hydrogen) atoms. The van der Waals surface area contributed by atoms with E-state index in [0.29, 0.717) is 5.82 Å². The third-order valence-electron chi connectivity index (χ3n) is 12.5. The zero-order chi connectivity index (χ0) is 41.0. The molecule has 0 atom stereocenters. The fourth-order valence-electron chi connectivity index (χ4n) is 9.55. The number of rotatable bonds is 6. The Hall–Kier alpha value is -8.20. The van der Waals surface area contributed by atoms with Crippen molar-refractivity contribution in [1.82, 2.24) is 9.97 Å². The van der Waals surface area contributed by atoms with Gasteiger partial charge < -0.3 is 0 Å². The lowest BCUT2D eigenvalue weighted by Crippen LogP contribution is -1.97. The second kappa shape index (κ2) is 14.8. The molecule has 0 spiro atoms. The van der Waals surface area contributed by atoms with Gasteiger partial charge in [0.05, 0.1) is 11.4 Å². The van der Waals surface area contributed by atoms with Gasteiger partial charge in [-0.3, -0.25) is 0 Å². The van der Waals surface area contributed by atoms with E-state index < -0.39 is 0 Å². The summed E-state index contributed by atoms with van der Waals surface area (Å²) in [6, 6.07) is 83.1. The average Bonchev–Trinajstić information content (AvgIpc) is 3.35. The molecule has 0 bridgehead atoms. The van der Waals surface area contributed by atoms with E-state index in [-0.39, 0.29) is 0 Å². The number of nitrogens with zero attached hydrogens (tertiary/aromatic N) is 2. The number of aromatic nitrogens is 2. The van der Waals surface area contributed by atoms with Gasteiger partial charge in [0.2, 0.25) is 0 Å². The molecule has 0 radical (unpaired) electrons. The predicted molar refractivity (Wildman–Crippen MR) is 262 cm³/mol. The monoisotopic (exact) mass is 786 g/mol. The SMILES string of the molecule is c1ccc(-c2nc(-c3ccc4ccccc4c3)cc(-c3ccc(-c4ccc(-c5c6ccccc6c(-c6ccccc6)c6c5ccc5ccccc56)cc4)c4ccccc34)n2)cc1. The first-order chi connectivity index (χ1) is 30.7. The predicted octanol–water partition coefficient (Wildman–Crippen LogP) is 16.2. The van der Waals surface area contributed by atoms with Crippen LogP contribution in [0.2, 0.25) is 0 Å². The molecule has 0 N–H and O–H groups in total. The van der Waals surface area contributed by atoms with Gasteiger partial charge in [-0.25, -0.2) is 9.97 Å². The van der Waals surface area contributed by atoms with Crippen LogP contribution in [0.4, 0.5) is 0 Å². The normalized spacial score (nSPS) is 11.5. The van der Waals surface area contributed by atoms with E-state index in [1.165, 1.54) is 81.9 Å². The summed E-state index contributed by atoms with van der Waals surface area (Å²) in [7, 11) is 0. The first kappa shape index (κ1) is 35.7.